The monoisotopic (exact) mass is 283 g/mol. The molecule has 0 aromatic carbocycles. The maximum atomic E-state index is 11.3. The third-order valence-corrected chi connectivity index (χ3v) is 2.89. The summed E-state index contributed by atoms with van der Waals surface area (Å²) in [5.41, 5.74) is 1.98. The highest BCUT2D eigenvalue weighted by Crippen LogP contribution is 2.02. The molecular weight excluding hydrogens is 262 g/mol. The Kier molecular flexibility index (Phi) is 6.17. The summed E-state index contributed by atoms with van der Waals surface area (Å²) in [6.45, 7) is 5.07. The molecule has 0 aliphatic carbocycles. The van der Waals surface area contributed by atoms with Gasteiger partial charge in [0, 0.05) is 12.2 Å². The molecule has 0 atom stereocenters. The highest BCUT2D eigenvalue weighted by molar-refractivity contribution is 5.74. The minimum atomic E-state index is -0.387. The summed E-state index contributed by atoms with van der Waals surface area (Å²) in [6.07, 6.45) is 0. The normalized spacial score (nSPS) is 10.7. The average molecular weight is 283 g/mol. The highest BCUT2D eigenvalue weighted by atomic mass is 16.5. The van der Waals surface area contributed by atoms with E-state index in [-0.39, 0.29) is 25.0 Å². The van der Waals surface area contributed by atoms with Gasteiger partial charge in [0.2, 0.25) is 0 Å². The van der Waals surface area contributed by atoms with Crippen molar-refractivity contribution >= 4 is 11.9 Å². The van der Waals surface area contributed by atoms with E-state index in [2.05, 4.69) is 14.6 Å². The molecule has 20 heavy (non-hydrogen) atoms. The van der Waals surface area contributed by atoms with Crippen molar-refractivity contribution in [1.82, 2.24) is 14.7 Å². The molecule has 0 saturated heterocycles. The molecule has 0 fully saturated rings. The molecular formula is C13H21N3O4. The second-order valence-electron chi connectivity index (χ2n) is 4.51. The number of esters is 2. The van der Waals surface area contributed by atoms with Gasteiger partial charge in [-0.15, -0.1) is 0 Å². The van der Waals surface area contributed by atoms with Gasteiger partial charge in [-0.2, -0.15) is 5.10 Å². The van der Waals surface area contributed by atoms with Gasteiger partial charge in [0.15, 0.2) is 0 Å². The Morgan fingerprint density at radius 1 is 1.20 bits per heavy atom. The largest absolute Gasteiger partial charge is 0.468 e. The van der Waals surface area contributed by atoms with E-state index in [1.165, 1.54) is 14.2 Å². The Morgan fingerprint density at radius 3 is 2.15 bits per heavy atom. The van der Waals surface area contributed by atoms with Crippen molar-refractivity contribution in [3.63, 3.8) is 0 Å². The van der Waals surface area contributed by atoms with Gasteiger partial charge in [0.25, 0.3) is 0 Å². The van der Waals surface area contributed by atoms with Gasteiger partial charge in [-0.05, 0) is 19.9 Å². The van der Waals surface area contributed by atoms with Crippen LogP contribution < -0.4 is 0 Å². The molecule has 7 heteroatoms. The lowest BCUT2D eigenvalue weighted by Gasteiger charge is -2.19. The predicted octanol–water partition coefficient (Wildman–Crippen LogP) is 0.148. The van der Waals surface area contributed by atoms with E-state index in [1.807, 2.05) is 24.6 Å². The fraction of sp³-hybridized carbons (Fsp3) is 0.615. The Bertz CT molecular complexity index is 452. The van der Waals surface area contributed by atoms with Crippen LogP contribution in [0.25, 0.3) is 0 Å². The van der Waals surface area contributed by atoms with Crippen molar-refractivity contribution in [1.29, 1.82) is 0 Å². The van der Waals surface area contributed by atoms with Gasteiger partial charge in [0.05, 0.1) is 39.5 Å². The van der Waals surface area contributed by atoms with Crippen LogP contribution in [0.5, 0.6) is 0 Å². The van der Waals surface area contributed by atoms with Gasteiger partial charge in [0.1, 0.15) is 0 Å². The SMILES string of the molecule is COC(=O)CN(CCn1nc(C)cc1C)CC(=O)OC. The van der Waals surface area contributed by atoms with E-state index in [9.17, 15) is 9.59 Å². The molecule has 0 aliphatic heterocycles. The van der Waals surface area contributed by atoms with Crippen LogP contribution in [0.2, 0.25) is 0 Å². The number of methoxy groups -OCH3 is 2. The number of rotatable bonds is 7. The van der Waals surface area contributed by atoms with Gasteiger partial charge >= 0.3 is 11.9 Å². The minimum Gasteiger partial charge on any atom is -0.468 e. The van der Waals surface area contributed by atoms with Crippen LogP contribution in [0.1, 0.15) is 11.4 Å². The molecule has 0 amide bonds. The van der Waals surface area contributed by atoms with Crippen LogP contribution in [0.15, 0.2) is 6.07 Å². The quantitative estimate of drug-likeness (QED) is 0.663. The molecule has 112 valence electrons. The standard InChI is InChI=1S/C13H21N3O4/c1-10-7-11(2)16(14-10)6-5-15(8-12(17)19-3)9-13(18)20-4/h7H,5-6,8-9H2,1-4H3. The van der Waals surface area contributed by atoms with Gasteiger partial charge in [-0.3, -0.25) is 19.2 Å². The molecule has 1 heterocycles. The summed E-state index contributed by atoms with van der Waals surface area (Å²) in [5.74, 6) is -0.774. The fourth-order valence-electron chi connectivity index (χ4n) is 1.85. The predicted molar refractivity (Wildman–Crippen MR) is 72.2 cm³/mol. The minimum absolute atomic E-state index is 0.0465. The van der Waals surface area contributed by atoms with Crippen molar-refractivity contribution in [2.75, 3.05) is 33.9 Å². The number of ether oxygens (including phenoxy) is 2. The Labute approximate surface area is 118 Å². The fourth-order valence-corrected chi connectivity index (χ4v) is 1.85. The van der Waals surface area contributed by atoms with Gasteiger partial charge in [-0.25, -0.2) is 0 Å². The number of hydrogen-bond acceptors (Lipinski definition) is 6. The zero-order chi connectivity index (χ0) is 15.1. The Balaban J connectivity index is 2.61. The molecule has 0 aliphatic rings. The molecule has 0 spiro atoms. The number of aryl methyl sites for hydroxylation is 2. The topological polar surface area (TPSA) is 73.7 Å². The second-order valence-corrected chi connectivity index (χ2v) is 4.51. The van der Waals surface area contributed by atoms with Crippen LogP contribution in [-0.2, 0) is 25.6 Å². The lowest BCUT2D eigenvalue weighted by atomic mass is 10.4. The summed E-state index contributed by atoms with van der Waals surface area (Å²) in [5, 5.41) is 4.34. The molecule has 0 unspecified atom stereocenters. The Morgan fingerprint density at radius 2 is 1.75 bits per heavy atom. The van der Waals surface area contributed by atoms with Crippen molar-refractivity contribution in [2.45, 2.75) is 20.4 Å². The number of nitrogens with zero attached hydrogens (tertiary/aromatic N) is 3. The van der Waals surface area contributed by atoms with Crippen LogP contribution in [0.4, 0.5) is 0 Å². The van der Waals surface area contributed by atoms with Crippen LogP contribution in [0, 0.1) is 13.8 Å². The first-order chi connectivity index (χ1) is 9.46. The van der Waals surface area contributed by atoms with E-state index in [1.54, 1.807) is 4.90 Å². The van der Waals surface area contributed by atoms with E-state index in [0.717, 1.165) is 11.4 Å². The van der Waals surface area contributed by atoms with E-state index in [4.69, 9.17) is 0 Å². The van der Waals surface area contributed by atoms with Crippen molar-refractivity contribution in [3.05, 3.63) is 17.5 Å². The van der Waals surface area contributed by atoms with Crippen LogP contribution in [-0.4, -0.2) is 60.5 Å². The van der Waals surface area contributed by atoms with E-state index >= 15 is 0 Å². The first-order valence-electron chi connectivity index (χ1n) is 6.33. The second kappa shape index (κ2) is 7.64. The molecule has 0 saturated carbocycles. The summed E-state index contributed by atoms with van der Waals surface area (Å²) in [6, 6.07) is 1.98. The smallest absolute Gasteiger partial charge is 0.319 e. The zero-order valence-electron chi connectivity index (χ0n) is 12.4. The summed E-state index contributed by atoms with van der Waals surface area (Å²) >= 11 is 0. The zero-order valence-corrected chi connectivity index (χ0v) is 12.4. The molecule has 1 aromatic rings. The first-order valence-corrected chi connectivity index (χ1v) is 6.33. The van der Waals surface area contributed by atoms with Gasteiger partial charge < -0.3 is 9.47 Å². The third-order valence-electron chi connectivity index (χ3n) is 2.89. The molecule has 1 rings (SSSR count). The number of aromatic nitrogens is 2. The van der Waals surface area contributed by atoms with Crippen molar-refractivity contribution in [3.8, 4) is 0 Å². The number of carbonyl (C=O) groups is 2. The van der Waals surface area contributed by atoms with Crippen LogP contribution in [0.3, 0.4) is 0 Å². The summed E-state index contributed by atoms with van der Waals surface area (Å²) in [4.78, 5) is 24.3. The maximum Gasteiger partial charge on any atom is 0.319 e. The van der Waals surface area contributed by atoms with E-state index < -0.39 is 0 Å². The summed E-state index contributed by atoms with van der Waals surface area (Å²) in [7, 11) is 2.64. The number of carbonyl (C=O) groups excluding carboxylic acids is 2. The van der Waals surface area contributed by atoms with Crippen molar-refractivity contribution in [2.24, 2.45) is 0 Å². The molecule has 0 N–H and O–H groups in total. The highest BCUT2D eigenvalue weighted by Gasteiger charge is 2.15. The lowest BCUT2D eigenvalue weighted by Crippen LogP contribution is -2.37. The third kappa shape index (κ3) is 5.00. The molecule has 0 bridgehead atoms. The lowest BCUT2D eigenvalue weighted by molar-refractivity contribution is -0.145. The number of hydrogen-bond donors (Lipinski definition) is 0. The average Bonchev–Trinajstić information content (AvgIpc) is 2.73. The summed E-state index contributed by atoms with van der Waals surface area (Å²) < 4.78 is 11.1. The molecule has 0 radical (unpaired) electrons. The molecule has 7 nitrogen and oxygen atoms in total. The molecule has 1 aromatic heterocycles. The Hall–Kier alpha value is -1.89. The van der Waals surface area contributed by atoms with E-state index in [0.29, 0.717) is 13.1 Å². The maximum absolute atomic E-state index is 11.3. The first kappa shape index (κ1) is 16.2. The van der Waals surface area contributed by atoms with Gasteiger partial charge in [-0.1, -0.05) is 0 Å². The van der Waals surface area contributed by atoms with Crippen LogP contribution >= 0.6 is 0 Å². The van der Waals surface area contributed by atoms with Crippen molar-refractivity contribution < 1.29 is 19.1 Å².